The van der Waals surface area contributed by atoms with Gasteiger partial charge in [-0.3, -0.25) is 0 Å². The maximum Gasteiger partial charge on any atom is 0.573 e. The molecular formula is C14H12F3NO3. The number of hydrogen-bond acceptors (Lipinski definition) is 4. The monoisotopic (exact) mass is 299 g/mol. The van der Waals surface area contributed by atoms with Crippen LogP contribution in [0.15, 0.2) is 42.5 Å². The lowest BCUT2D eigenvalue weighted by Gasteiger charge is -2.11. The summed E-state index contributed by atoms with van der Waals surface area (Å²) in [5.41, 5.74) is 1.01. The number of rotatable bonds is 4. The van der Waals surface area contributed by atoms with E-state index in [2.05, 4.69) is 10.1 Å². The molecule has 2 rings (SSSR count). The quantitative estimate of drug-likeness (QED) is 0.755. The Labute approximate surface area is 118 Å². The molecule has 0 radical (unpaired) electrons. The smallest absolute Gasteiger partial charge is 0.504 e. The molecule has 0 atom stereocenters. The fourth-order valence-corrected chi connectivity index (χ4v) is 1.69. The average Bonchev–Trinajstić information content (AvgIpc) is 2.40. The molecule has 0 aliphatic heterocycles. The number of nitrogens with one attached hydrogen (secondary N) is 1. The lowest BCUT2D eigenvalue weighted by atomic mass is 10.2. The Kier molecular flexibility index (Phi) is 4.11. The van der Waals surface area contributed by atoms with Crippen LogP contribution in [0.25, 0.3) is 0 Å². The van der Waals surface area contributed by atoms with Gasteiger partial charge < -0.3 is 20.3 Å². The van der Waals surface area contributed by atoms with Gasteiger partial charge in [-0.1, -0.05) is 12.1 Å². The number of para-hydroxylation sites is 1. The summed E-state index contributed by atoms with van der Waals surface area (Å²) in [6.07, 6.45) is -4.72. The maximum atomic E-state index is 12.0. The van der Waals surface area contributed by atoms with Gasteiger partial charge in [0.1, 0.15) is 5.75 Å². The second-order valence-corrected chi connectivity index (χ2v) is 4.21. The van der Waals surface area contributed by atoms with Gasteiger partial charge in [-0.05, 0) is 30.3 Å². The highest BCUT2D eigenvalue weighted by atomic mass is 19.4. The molecular weight excluding hydrogens is 287 g/mol. The number of alkyl halides is 3. The van der Waals surface area contributed by atoms with Crippen molar-refractivity contribution in [1.82, 2.24) is 0 Å². The number of phenols is 2. The molecule has 0 heterocycles. The topological polar surface area (TPSA) is 61.7 Å². The highest BCUT2D eigenvalue weighted by molar-refractivity contribution is 5.50. The number of aromatic hydroxyl groups is 2. The van der Waals surface area contributed by atoms with Gasteiger partial charge in [-0.15, -0.1) is 13.2 Å². The summed E-state index contributed by atoms with van der Waals surface area (Å²) in [7, 11) is 0. The molecule has 0 aromatic heterocycles. The first-order chi connectivity index (χ1) is 9.85. The normalized spacial score (nSPS) is 11.2. The van der Waals surface area contributed by atoms with Crippen molar-refractivity contribution in [2.24, 2.45) is 0 Å². The molecule has 0 aliphatic rings. The molecule has 112 valence electrons. The second-order valence-electron chi connectivity index (χ2n) is 4.21. The molecule has 0 spiro atoms. The Bertz CT molecular complexity index is 612. The van der Waals surface area contributed by atoms with Crippen LogP contribution in [0.4, 0.5) is 18.9 Å². The van der Waals surface area contributed by atoms with E-state index in [1.807, 2.05) is 0 Å². The van der Waals surface area contributed by atoms with Crippen LogP contribution in [-0.2, 0) is 6.54 Å². The van der Waals surface area contributed by atoms with E-state index in [1.54, 1.807) is 12.1 Å². The van der Waals surface area contributed by atoms with Crippen molar-refractivity contribution in [1.29, 1.82) is 0 Å². The zero-order valence-corrected chi connectivity index (χ0v) is 10.7. The SMILES string of the molecule is Oc1cccc(CNc2ccc(OC(F)(F)F)cc2)c1O. The van der Waals surface area contributed by atoms with Crippen molar-refractivity contribution >= 4 is 5.69 Å². The van der Waals surface area contributed by atoms with Crippen LogP contribution in [0.5, 0.6) is 17.2 Å². The van der Waals surface area contributed by atoms with E-state index >= 15 is 0 Å². The van der Waals surface area contributed by atoms with E-state index in [9.17, 15) is 23.4 Å². The number of anilines is 1. The Hall–Kier alpha value is -2.57. The zero-order valence-electron chi connectivity index (χ0n) is 10.7. The summed E-state index contributed by atoms with van der Waals surface area (Å²) in [4.78, 5) is 0. The Morgan fingerprint density at radius 2 is 1.67 bits per heavy atom. The van der Waals surface area contributed by atoms with E-state index in [4.69, 9.17) is 0 Å². The molecule has 0 bridgehead atoms. The summed E-state index contributed by atoms with van der Waals surface area (Å²) >= 11 is 0. The van der Waals surface area contributed by atoms with E-state index in [1.165, 1.54) is 30.3 Å². The molecule has 2 aromatic carbocycles. The maximum absolute atomic E-state index is 12.0. The molecule has 3 N–H and O–H groups in total. The van der Waals surface area contributed by atoms with Crippen LogP contribution in [-0.4, -0.2) is 16.6 Å². The number of halogens is 3. The third-order valence-corrected chi connectivity index (χ3v) is 2.67. The van der Waals surface area contributed by atoms with Gasteiger partial charge in [0, 0.05) is 17.8 Å². The molecule has 0 fully saturated rings. The van der Waals surface area contributed by atoms with Gasteiger partial charge >= 0.3 is 6.36 Å². The minimum Gasteiger partial charge on any atom is -0.504 e. The molecule has 0 unspecified atom stereocenters. The third kappa shape index (κ3) is 4.20. The van der Waals surface area contributed by atoms with E-state index < -0.39 is 6.36 Å². The summed E-state index contributed by atoms with van der Waals surface area (Å²) in [6.45, 7) is 0.208. The number of phenolic OH excluding ortho intramolecular Hbond substituents is 2. The van der Waals surface area contributed by atoms with Crippen LogP contribution in [0.1, 0.15) is 5.56 Å². The Morgan fingerprint density at radius 1 is 1.00 bits per heavy atom. The lowest BCUT2D eigenvalue weighted by molar-refractivity contribution is -0.274. The highest BCUT2D eigenvalue weighted by Crippen LogP contribution is 2.29. The standard InChI is InChI=1S/C14H12F3NO3/c15-14(16,17)21-11-6-4-10(5-7-11)18-8-9-2-1-3-12(19)13(9)20/h1-7,18-20H,8H2. The fourth-order valence-electron chi connectivity index (χ4n) is 1.69. The second kappa shape index (κ2) is 5.82. The molecule has 7 heteroatoms. The van der Waals surface area contributed by atoms with Crippen molar-refractivity contribution in [3.63, 3.8) is 0 Å². The average molecular weight is 299 g/mol. The number of benzene rings is 2. The van der Waals surface area contributed by atoms with Crippen LogP contribution in [0.3, 0.4) is 0 Å². The fraction of sp³-hybridized carbons (Fsp3) is 0.143. The van der Waals surface area contributed by atoms with E-state index in [0.717, 1.165) is 0 Å². The van der Waals surface area contributed by atoms with Crippen molar-refractivity contribution < 1.29 is 28.1 Å². The molecule has 0 aliphatic carbocycles. The van der Waals surface area contributed by atoms with Gasteiger partial charge in [0.15, 0.2) is 11.5 Å². The summed E-state index contributed by atoms with van der Waals surface area (Å²) in [5, 5.41) is 21.9. The van der Waals surface area contributed by atoms with Gasteiger partial charge in [0.25, 0.3) is 0 Å². The largest absolute Gasteiger partial charge is 0.573 e. The predicted molar refractivity (Wildman–Crippen MR) is 70.2 cm³/mol. The first-order valence-electron chi connectivity index (χ1n) is 5.94. The summed E-state index contributed by atoms with van der Waals surface area (Å²) in [6, 6.07) is 9.73. The van der Waals surface area contributed by atoms with Crippen molar-refractivity contribution in [3.8, 4) is 17.2 Å². The third-order valence-electron chi connectivity index (χ3n) is 2.67. The minimum atomic E-state index is -4.72. The van der Waals surface area contributed by atoms with E-state index in [0.29, 0.717) is 11.3 Å². The Balaban J connectivity index is 1.99. The van der Waals surface area contributed by atoms with Crippen LogP contribution >= 0.6 is 0 Å². The van der Waals surface area contributed by atoms with Crippen molar-refractivity contribution in [2.45, 2.75) is 12.9 Å². The zero-order chi connectivity index (χ0) is 15.5. The van der Waals surface area contributed by atoms with E-state index in [-0.39, 0.29) is 23.8 Å². The molecule has 2 aromatic rings. The van der Waals surface area contributed by atoms with Gasteiger partial charge in [-0.2, -0.15) is 0 Å². The van der Waals surface area contributed by atoms with Gasteiger partial charge in [0.05, 0.1) is 0 Å². The highest BCUT2D eigenvalue weighted by Gasteiger charge is 2.30. The minimum absolute atomic E-state index is 0.208. The van der Waals surface area contributed by atoms with Crippen LogP contribution in [0, 0.1) is 0 Å². The van der Waals surface area contributed by atoms with Gasteiger partial charge in [-0.25, -0.2) is 0 Å². The first-order valence-corrected chi connectivity index (χ1v) is 5.94. The van der Waals surface area contributed by atoms with Crippen molar-refractivity contribution in [2.75, 3.05) is 5.32 Å². The predicted octanol–water partition coefficient (Wildman–Crippen LogP) is 3.61. The number of ether oxygens (including phenoxy) is 1. The summed E-state index contributed by atoms with van der Waals surface area (Å²) < 4.78 is 39.8. The van der Waals surface area contributed by atoms with Crippen LogP contribution < -0.4 is 10.1 Å². The lowest BCUT2D eigenvalue weighted by Crippen LogP contribution is -2.17. The van der Waals surface area contributed by atoms with Crippen molar-refractivity contribution in [3.05, 3.63) is 48.0 Å². The molecule has 0 saturated carbocycles. The summed E-state index contributed by atoms with van der Waals surface area (Å²) in [5.74, 6) is -0.779. The molecule has 4 nitrogen and oxygen atoms in total. The van der Waals surface area contributed by atoms with Crippen LogP contribution in [0.2, 0.25) is 0 Å². The molecule has 0 saturated heterocycles. The Morgan fingerprint density at radius 3 is 2.29 bits per heavy atom. The number of hydrogen-bond donors (Lipinski definition) is 3. The molecule has 0 amide bonds. The first kappa shape index (κ1) is 14.8. The molecule has 21 heavy (non-hydrogen) atoms. The van der Waals surface area contributed by atoms with Gasteiger partial charge in [0.2, 0.25) is 0 Å².